The van der Waals surface area contributed by atoms with Gasteiger partial charge < -0.3 is 0 Å². The van der Waals surface area contributed by atoms with Gasteiger partial charge in [0.1, 0.15) is 0 Å². The summed E-state index contributed by atoms with van der Waals surface area (Å²) in [6.45, 7) is 1.47. The minimum atomic E-state index is -2.22. The van der Waals surface area contributed by atoms with Crippen LogP contribution in [-0.2, 0) is 10.9 Å². The van der Waals surface area contributed by atoms with Gasteiger partial charge in [-0.05, 0) is 0 Å². The maximum Gasteiger partial charge on any atom is 0.204 e. The lowest BCUT2D eigenvalue weighted by atomic mass is 11.0. The Labute approximate surface area is 37.7 Å². The Hall–Kier alpha value is -0.0900. The quantitative estimate of drug-likeness (QED) is 0.338. The fourth-order valence-corrected chi connectivity index (χ4v) is 0.624. The Bertz CT molecular complexity index is 107. The second kappa shape index (κ2) is 1.20. The number of hydrogen-bond donors (Lipinski definition) is 1. The maximum absolute atomic E-state index is 9.72. The molecule has 1 rings (SSSR count). The Balaban J connectivity index is 2.52. The van der Waals surface area contributed by atoms with Gasteiger partial charge in [0.2, 0.25) is 10.9 Å². The molecule has 1 saturated heterocycles. The molecule has 3 nitrogen and oxygen atoms in total. The zero-order chi connectivity index (χ0) is 4.57. The third-order valence-electron chi connectivity index (χ3n) is 0.655. The smallest absolute Gasteiger partial charge is 0.204 e. The van der Waals surface area contributed by atoms with Gasteiger partial charge in [-0.3, -0.25) is 0 Å². The van der Waals surface area contributed by atoms with E-state index in [1.807, 2.05) is 0 Å². The van der Waals surface area contributed by atoms with E-state index in [4.69, 9.17) is 0 Å². The van der Waals surface area contributed by atoms with Gasteiger partial charge in [0.05, 0.1) is 0 Å². The van der Waals surface area contributed by atoms with E-state index in [9.17, 15) is 8.42 Å². The van der Waals surface area contributed by atoms with Crippen molar-refractivity contribution in [2.75, 3.05) is 13.1 Å². The van der Waals surface area contributed by atoms with Crippen LogP contribution in [0, 0.1) is 0 Å². The van der Waals surface area contributed by atoms with E-state index >= 15 is 0 Å². The van der Waals surface area contributed by atoms with E-state index in [1.165, 1.54) is 4.31 Å². The van der Waals surface area contributed by atoms with Gasteiger partial charge in [0, 0.05) is 13.1 Å². The van der Waals surface area contributed by atoms with Crippen LogP contribution in [0.3, 0.4) is 0 Å². The molecule has 0 atom stereocenters. The summed E-state index contributed by atoms with van der Waals surface area (Å²) in [5.41, 5.74) is 0. The van der Waals surface area contributed by atoms with Crippen molar-refractivity contribution < 1.29 is 8.42 Å². The van der Waals surface area contributed by atoms with Crippen molar-refractivity contribution in [3.63, 3.8) is 0 Å². The predicted octanol–water partition coefficient (Wildman–Crippen LogP) is -1.17. The summed E-state index contributed by atoms with van der Waals surface area (Å²) in [4.78, 5) is 0. The first-order chi connectivity index (χ1) is 2.80. The molecule has 0 N–H and O–H groups in total. The van der Waals surface area contributed by atoms with Crippen LogP contribution in [-0.4, -0.2) is 25.8 Å². The topological polar surface area (TPSA) is 37.1 Å². The van der Waals surface area contributed by atoms with Crippen molar-refractivity contribution in [1.82, 2.24) is 4.31 Å². The van der Waals surface area contributed by atoms with Gasteiger partial charge in [-0.15, -0.1) is 0 Å². The molecule has 0 spiro atoms. The molecule has 0 aliphatic carbocycles. The fourth-order valence-electron chi connectivity index (χ4n) is 0.208. The molecule has 0 unspecified atom stereocenters. The zero-order valence-electron chi connectivity index (χ0n) is 3.13. The lowest BCUT2D eigenvalue weighted by Gasteiger charge is -1.72. The second-order valence-corrected chi connectivity index (χ2v) is 2.23. The van der Waals surface area contributed by atoms with Crippen LogP contribution in [0.4, 0.5) is 0 Å². The number of thiol groups is 1. The molecule has 0 radical (unpaired) electrons. The normalized spacial score (nSPS) is 22.2. The van der Waals surface area contributed by atoms with Crippen LogP contribution in [0.5, 0.6) is 0 Å². The van der Waals surface area contributed by atoms with E-state index in [2.05, 4.69) is 0 Å². The van der Waals surface area contributed by atoms with Gasteiger partial charge in [-0.25, -0.2) is 12.7 Å². The summed E-state index contributed by atoms with van der Waals surface area (Å²) in [6.07, 6.45) is 0. The molecule has 1 fully saturated rings. The second-order valence-electron chi connectivity index (χ2n) is 1.19. The van der Waals surface area contributed by atoms with Crippen molar-refractivity contribution in [2.45, 2.75) is 0 Å². The lowest BCUT2D eigenvalue weighted by Crippen LogP contribution is -1.88. The Morgan fingerprint density at radius 2 is 1.83 bits per heavy atom. The summed E-state index contributed by atoms with van der Waals surface area (Å²) >= 11 is 0. The summed E-state index contributed by atoms with van der Waals surface area (Å²) < 4.78 is 20.8. The highest BCUT2D eigenvalue weighted by atomic mass is 32.2. The summed E-state index contributed by atoms with van der Waals surface area (Å²) in [7, 11) is -2.22. The highest BCUT2D eigenvalue weighted by Gasteiger charge is 2.18. The van der Waals surface area contributed by atoms with Gasteiger partial charge in [0.15, 0.2) is 0 Å². The van der Waals surface area contributed by atoms with Gasteiger partial charge in [-0.2, -0.15) is 0 Å². The summed E-state index contributed by atoms with van der Waals surface area (Å²) in [5.74, 6) is 0. The first-order valence-corrected chi connectivity index (χ1v) is 2.83. The monoisotopic (exact) mass is 107 g/mol. The predicted molar refractivity (Wildman–Crippen MR) is 21.9 cm³/mol. The summed E-state index contributed by atoms with van der Waals surface area (Å²) in [5, 5.41) is 0. The molecular weight excluding hydrogens is 102 g/mol. The molecule has 1 aliphatic rings. The van der Waals surface area contributed by atoms with Crippen LogP contribution < -0.4 is 0 Å². The van der Waals surface area contributed by atoms with E-state index in [0.717, 1.165) is 13.1 Å². The highest BCUT2D eigenvalue weighted by molar-refractivity contribution is 7.70. The first-order valence-electron chi connectivity index (χ1n) is 1.70. The van der Waals surface area contributed by atoms with E-state index in [0.29, 0.717) is 0 Å². The number of nitrogens with zero attached hydrogens (tertiary/aromatic N) is 1. The standard InChI is InChI=1S/C2H5NO2S/c4-6(5)3-1-2-3/h6H,1-2H2. The van der Waals surface area contributed by atoms with Crippen molar-refractivity contribution in [3.8, 4) is 0 Å². The molecule has 0 aromatic rings. The molecule has 1 aliphatic heterocycles. The average molecular weight is 107 g/mol. The van der Waals surface area contributed by atoms with E-state index in [1.54, 1.807) is 0 Å². The van der Waals surface area contributed by atoms with Crippen molar-refractivity contribution >= 4 is 10.9 Å². The van der Waals surface area contributed by atoms with Crippen molar-refractivity contribution in [3.05, 3.63) is 0 Å². The van der Waals surface area contributed by atoms with Gasteiger partial charge in [-0.1, -0.05) is 0 Å². The van der Waals surface area contributed by atoms with Crippen LogP contribution in [0.25, 0.3) is 0 Å². The van der Waals surface area contributed by atoms with Crippen molar-refractivity contribution in [2.24, 2.45) is 0 Å². The largest absolute Gasteiger partial charge is 0.215 e. The van der Waals surface area contributed by atoms with Crippen LogP contribution >= 0.6 is 0 Å². The van der Waals surface area contributed by atoms with Crippen LogP contribution in [0.2, 0.25) is 0 Å². The van der Waals surface area contributed by atoms with Crippen LogP contribution in [0.15, 0.2) is 0 Å². The molecule has 36 valence electrons. The summed E-state index contributed by atoms with van der Waals surface area (Å²) in [6, 6.07) is 0. The molecule has 4 heteroatoms. The minimum Gasteiger partial charge on any atom is -0.215 e. The molecular formula is C2H5NO2S. The highest BCUT2D eigenvalue weighted by Crippen LogP contribution is 1.99. The lowest BCUT2D eigenvalue weighted by molar-refractivity contribution is 0.585. The third kappa shape index (κ3) is 0.693. The molecule has 1 heterocycles. The van der Waals surface area contributed by atoms with Crippen LogP contribution in [0.1, 0.15) is 0 Å². The van der Waals surface area contributed by atoms with Gasteiger partial charge >= 0.3 is 0 Å². The zero-order valence-corrected chi connectivity index (χ0v) is 4.02. The molecule has 0 aromatic carbocycles. The van der Waals surface area contributed by atoms with E-state index in [-0.39, 0.29) is 0 Å². The SMILES string of the molecule is O=[SH](=O)N1CC1. The molecule has 0 bridgehead atoms. The van der Waals surface area contributed by atoms with Gasteiger partial charge in [0.25, 0.3) is 0 Å². The Kier molecular flexibility index (Phi) is 0.816. The number of hydrogen-bond acceptors (Lipinski definition) is 2. The average Bonchev–Trinajstić information content (AvgIpc) is 2.06. The minimum absolute atomic E-state index is 0.735. The van der Waals surface area contributed by atoms with E-state index < -0.39 is 10.9 Å². The third-order valence-corrected chi connectivity index (χ3v) is 1.52. The molecule has 0 saturated carbocycles. The first kappa shape index (κ1) is 4.08. The molecule has 0 amide bonds. The van der Waals surface area contributed by atoms with Crippen molar-refractivity contribution in [1.29, 1.82) is 0 Å². The Morgan fingerprint density at radius 1 is 1.33 bits per heavy atom. The fraction of sp³-hybridized carbons (Fsp3) is 1.00. The number of rotatable bonds is 1. The maximum atomic E-state index is 9.72. The Morgan fingerprint density at radius 3 is 1.83 bits per heavy atom. The molecule has 0 aromatic heterocycles. The molecule has 6 heavy (non-hydrogen) atoms.